The van der Waals surface area contributed by atoms with Gasteiger partial charge in [-0.1, -0.05) is 91.8 Å². The Balaban J connectivity index is 0.00000648. The van der Waals surface area contributed by atoms with Gasteiger partial charge in [0.25, 0.3) is 0 Å². The van der Waals surface area contributed by atoms with E-state index in [0.29, 0.717) is 50.1 Å². The van der Waals surface area contributed by atoms with E-state index in [1.165, 1.54) is 22.3 Å². The second-order valence-corrected chi connectivity index (χ2v) is 11.1. The molecule has 36 heavy (non-hydrogen) atoms. The molecule has 8 heteroatoms. The molecular formula is C28H46O5P2S. The van der Waals surface area contributed by atoms with E-state index in [1.807, 2.05) is 0 Å². The Morgan fingerprint density at radius 1 is 0.528 bits per heavy atom. The van der Waals surface area contributed by atoms with Crippen molar-refractivity contribution in [3.8, 4) is 11.5 Å². The van der Waals surface area contributed by atoms with Crippen molar-refractivity contribution in [2.45, 2.75) is 79.1 Å². The highest BCUT2D eigenvalue weighted by Crippen LogP contribution is 2.39. The van der Waals surface area contributed by atoms with E-state index < -0.39 is 0 Å². The Bertz CT molecular complexity index is 766. The van der Waals surface area contributed by atoms with Gasteiger partial charge in [-0.25, -0.2) is 0 Å². The Hall–Kier alpha value is -0.870. The van der Waals surface area contributed by atoms with Crippen molar-refractivity contribution in [1.29, 1.82) is 0 Å². The molecule has 0 aromatic heterocycles. The van der Waals surface area contributed by atoms with Crippen LogP contribution in [0.25, 0.3) is 0 Å². The molecule has 0 radical (unpaired) electrons. The third-order valence-corrected chi connectivity index (χ3v) is 6.92. The molecule has 0 aliphatic rings. The van der Waals surface area contributed by atoms with Crippen LogP contribution in [0.5, 0.6) is 11.5 Å². The van der Waals surface area contributed by atoms with E-state index in [0.717, 1.165) is 11.5 Å². The molecule has 0 bridgehead atoms. The predicted octanol–water partition coefficient (Wildman–Crippen LogP) is 8.82. The minimum atomic E-state index is -0.0531. The predicted molar refractivity (Wildman–Crippen MR) is 160 cm³/mol. The molecule has 2 aromatic rings. The van der Waals surface area contributed by atoms with Gasteiger partial charge in [-0.15, -0.1) is 0 Å². The average molecular weight is 557 g/mol. The van der Waals surface area contributed by atoms with Crippen LogP contribution in [0, 0.1) is 0 Å². The minimum absolute atomic E-state index is 0. The summed E-state index contributed by atoms with van der Waals surface area (Å²) < 4.78 is 29.1. The summed E-state index contributed by atoms with van der Waals surface area (Å²) in [5.74, 6) is 3.53. The van der Waals surface area contributed by atoms with Crippen molar-refractivity contribution in [2.75, 3.05) is 26.4 Å². The summed E-state index contributed by atoms with van der Waals surface area (Å²) in [5.41, 5.74) is 4.89. The third-order valence-electron chi connectivity index (χ3n) is 5.70. The van der Waals surface area contributed by atoms with Crippen molar-refractivity contribution in [3.05, 3.63) is 58.7 Å². The lowest BCUT2D eigenvalue weighted by Crippen LogP contribution is -2.06. The van der Waals surface area contributed by atoms with Crippen LogP contribution in [0.2, 0.25) is 0 Å². The number of para-hydroxylation sites is 2. The molecule has 2 aromatic carbocycles. The van der Waals surface area contributed by atoms with Gasteiger partial charge in [0.2, 0.25) is 18.1 Å². The lowest BCUT2D eigenvalue weighted by atomic mass is 9.94. The molecular weight excluding hydrogens is 510 g/mol. The van der Waals surface area contributed by atoms with Crippen LogP contribution in [0.3, 0.4) is 0 Å². The molecule has 0 heterocycles. The Labute approximate surface area is 229 Å². The van der Waals surface area contributed by atoms with E-state index in [-0.39, 0.29) is 31.6 Å². The van der Waals surface area contributed by atoms with Crippen LogP contribution in [-0.2, 0) is 13.8 Å². The first-order chi connectivity index (χ1) is 16.7. The highest BCUT2D eigenvalue weighted by Gasteiger charge is 2.16. The van der Waals surface area contributed by atoms with Crippen molar-refractivity contribution >= 4 is 31.6 Å². The topological polar surface area (TPSA) is 46.2 Å². The van der Waals surface area contributed by atoms with E-state index in [9.17, 15) is 0 Å². The first-order valence-corrected chi connectivity index (χ1v) is 14.3. The second-order valence-electron chi connectivity index (χ2n) is 9.83. The summed E-state index contributed by atoms with van der Waals surface area (Å²) in [6.07, 6.45) is 0. The van der Waals surface area contributed by atoms with Gasteiger partial charge >= 0.3 is 0 Å². The molecule has 0 aliphatic heterocycles. The highest BCUT2D eigenvalue weighted by atomic mass is 32.1. The van der Waals surface area contributed by atoms with Gasteiger partial charge in [-0.05, 0) is 45.9 Å². The van der Waals surface area contributed by atoms with Gasteiger partial charge in [-0.3, -0.25) is 0 Å². The third kappa shape index (κ3) is 10.5. The normalized spacial score (nSPS) is 12.1. The maximum absolute atomic E-state index is 6.06. The quantitative estimate of drug-likeness (QED) is 0.153. The van der Waals surface area contributed by atoms with Crippen LogP contribution in [0.15, 0.2) is 36.4 Å². The Kier molecular flexibility index (Phi) is 16.2. The number of rotatable bonds is 16. The summed E-state index contributed by atoms with van der Waals surface area (Å²) >= 11 is 0. The maximum Gasteiger partial charge on any atom is 0.215 e. The molecule has 0 N–H and O–H groups in total. The van der Waals surface area contributed by atoms with Crippen LogP contribution in [0.4, 0.5) is 0 Å². The van der Waals surface area contributed by atoms with Crippen LogP contribution in [0.1, 0.15) is 101 Å². The van der Waals surface area contributed by atoms with E-state index in [1.54, 1.807) is 0 Å². The smallest absolute Gasteiger partial charge is 0.215 e. The summed E-state index contributed by atoms with van der Waals surface area (Å²) in [7, 11) is -0.106. The van der Waals surface area contributed by atoms with Crippen LogP contribution < -0.4 is 9.05 Å². The SMILES string of the molecule is CC(C)c1cccc(C(C)C)c1OPOCCOCCOPOc1c(C(C)C)cccc1C(C)C.S. The molecule has 2 atom stereocenters. The molecule has 2 rings (SSSR count). The lowest BCUT2D eigenvalue weighted by Gasteiger charge is -2.19. The number of hydrogen-bond acceptors (Lipinski definition) is 5. The van der Waals surface area contributed by atoms with Gasteiger partial charge in [-0.2, -0.15) is 13.5 Å². The zero-order valence-corrected chi connectivity index (χ0v) is 26.1. The Morgan fingerprint density at radius 2 is 0.833 bits per heavy atom. The first kappa shape index (κ1) is 33.2. The zero-order valence-electron chi connectivity index (χ0n) is 23.1. The fourth-order valence-corrected chi connectivity index (χ4v) is 4.82. The van der Waals surface area contributed by atoms with Gasteiger partial charge in [0.05, 0.1) is 26.4 Å². The van der Waals surface area contributed by atoms with Crippen molar-refractivity contribution in [2.24, 2.45) is 0 Å². The highest BCUT2D eigenvalue weighted by molar-refractivity contribution is 7.59. The standard InChI is InChI=1S/C28H44O5P2.H2S/c1-19(2)23-11-9-12-24(20(3)4)27(23)32-34-30-17-15-29-16-18-31-35-33-28-25(21(5)6)13-10-14-26(28)22(7)8;/h9-14,19-22,34-35H,15-18H2,1-8H3;1H2. The molecule has 2 unspecified atom stereocenters. The molecule has 0 amide bonds. The molecule has 0 saturated heterocycles. The molecule has 0 aliphatic carbocycles. The van der Waals surface area contributed by atoms with E-state index in [2.05, 4.69) is 91.8 Å². The fourth-order valence-electron chi connectivity index (χ4n) is 3.73. The largest absolute Gasteiger partial charge is 0.449 e. The number of ether oxygens (including phenoxy) is 1. The Morgan fingerprint density at radius 3 is 1.11 bits per heavy atom. The second kappa shape index (κ2) is 17.6. The van der Waals surface area contributed by atoms with Crippen molar-refractivity contribution < 1.29 is 22.8 Å². The van der Waals surface area contributed by atoms with Crippen molar-refractivity contribution in [3.63, 3.8) is 0 Å². The summed E-state index contributed by atoms with van der Waals surface area (Å²) in [5, 5.41) is 0. The molecule has 204 valence electrons. The van der Waals surface area contributed by atoms with Gasteiger partial charge in [0, 0.05) is 0 Å². The monoisotopic (exact) mass is 556 g/mol. The van der Waals surface area contributed by atoms with Crippen LogP contribution in [-0.4, -0.2) is 26.4 Å². The van der Waals surface area contributed by atoms with E-state index in [4.69, 9.17) is 22.8 Å². The molecule has 5 nitrogen and oxygen atoms in total. The number of hydrogen-bond donors (Lipinski definition) is 0. The molecule has 0 fully saturated rings. The first-order valence-electron chi connectivity index (χ1n) is 12.6. The lowest BCUT2D eigenvalue weighted by molar-refractivity contribution is 0.0804. The van der Waals surface area contributed by atoms with Crippen molar-refractivity contribution in [1.82, 2.24) is 0 Å². The minimum Gasteiger partial charge on any atom is -0.449 e. The summed E-state index contributed by atoms with van der Waals surface area (Å²) in [6.45, 7) is 19.4. The molecule has 0 saturated carbocycles. The van der Waals surface area contributed by atoms with Gasteiger partial charge in [0.15, 0.2) is 0 Å². The summed E-state index contributed by atoms with van der Waals surface area (Å²) in [6, 6.07) is 12.7. The van der Waals surface area contributed by atoms with E-state index >= 15 is 0 Å². The average Bonchev–Trinajstić information content (AvgIpc) is 2.81. The van der Waals surface area contributed by atoms with Crippen LogP contribution >= 0.6 is 31.6 Å². The number of benzene rings is 2. The van der Waals surface area contributed by atoms with Gasteiger partial charge in [0.1, 0.15) is 11.5 Å². The molecule has 0 spiro atoms. The summed E-state index contributed by atoms with van der Waals surface area (Å²) in [4.78, 5) is 0. The van der Waals surface area contributed by atoms with Gasteiger partial charge < -0.3 is 22.8 Å². The fraction of sp³-hybridized carbons (Fsp3) is 0.571. The zero-order chi connectivity index (χ0) is 25.8. The maximum atomic E-state index is 6.06.